The summed E-state index contributed by atoms with van der Waals surface area (Å²) in [5.74, 6) is 0.857. The second kappa shape index (κ2) is 16.5. The van der Waals surface area contributed by atoms with E-state index in [1.165, 1.54) is 18.4 Å². The average Bonchev–Trinajstić information content (AvgIpc) is 3.55. The molecule has 2 atom stereocenters. The van der Waals surface area contributed by atoms with Gasteiger partial charge in [-0.2, -0.15) is 0 Å². The Balaban J connectivity index is 0.000000197. The molecule has 2 unspecified atom stereocenters. The van der Waals surface area contributed by atoms with Crippen LogP contribution in [0, 0.1) is 12.3 Å². The van der Waals surface area contributed by atoms with Crippen molar-refractivity contribution in [3.63, 3.8) is 0 Å². The van der Waals surface area contributed by atoms with Gasteiger partial charge >= 0.3 is 0 Å². The number of fused-ring (bicyclic) bond motifs is 2. The van der Waals surface area contributed by atoms with E-state index in [1.54, 1.807) is 11.0 Å². The van der Waals surface area contributed by atoms with Gasteiger partial charge in [-0.3, -0.25) is 34.4 Å². The molecular formula is C47H50N6O5. The Kier molecular flexibility index (Phi) is 11.1. The molecule has 0 bridgehead atoms. The van der Waals surface area contributed by atoms with Crippen LogP contribution in [0.4, 0.5) is 5.69 Å². The summed E-state index contributed by atoms with van der Waals surface area (Å²) >= 11 is 0. The molecule has 9 rings (SSSR count). The fraction of sp³-hybridized carbons (Fsp3) is 0.340. The van der Waals surface area contributed by atoms with Gasteiger partial charge < -0.3 is 19.9 Å². The third-order valence-corrected chi connectivity index (χ3v) is 12.2. The quantitative estimate of drug-likeness (QED) is 0.121. The molecule has 2 N–H and O–H groups in total. The second-order valence-corrected chi connectivity index (χ2v) is 16.2. The van der Waals surface area contributed by atoms with Crippen molar-refractivity contribution in [2.24, 2.45) is 5.41 Å². The average molecular weight is 779 g/mol. The van der Waals surface area contributed by atoms with E-state index in [1.807, 2.05) is 80.7 Å². The number of hydrogen-bond acceptors (Lipinski definition) is 9. The SMILES string of the molecule is CNC(C)c1cccc(CN2CCC3(CC2)CN(c2ccc4c(c2)CN(C2CCC(=O)NC2=O)C4=O)C3)n1.Cc1ccc(Oc2cccc3cc(C=O)ccc23)cc1. The Bertz CT molecular complexity index is 2350. The number of aldehydes is 1. The van der Waals surface area contributed by atoms with Crippen LogP contribution < -0.4 is 20.3 Å². The largest absolute Gasteiger partial charge is 0.457 e. The summed E-state index contributed by atoms with van der Waals surface area (Å²) in [6.07, 6.45) is 3.88. The van der Waals surface area contributed by atoms with Crippen LogP contribution in [0.25, 0.3) is 10.8 Å². The molecule has 11 heteroatoms. The van der Waals surface area contributed by atoms with Crippen molar-refractivity contribution < 1.29 is 23.9 Å². The molecule has 0 radical (unpaired) electrons. The van der Waals surface area contributed by atoms with Crippen LogP contribution in [-0.4, -0.2) is 78.1 Å². The summed E-state index contributed by atoms with van der Waals surface area (Å²) in [7, 11) is 1.96. The number of aryl methyl sites for hydroxylation is 1. The maximum absolute atomic E-state index is 13.0. The lowest BCUT2D eigenvalue weighted by molar-refractivity contribution is -0.136. The molecule has 1 spiro atoms. The highest BCUT2D eigenvalue weighted by atomic mass is 16.5. The van der Waals surface area contributed by atoms with Crippen LogP contribution in [0.5, 0.6) is 11.5 Å². The number of aromatic nitrogens is 1. The molecule has 3 saturated heterocycles. The third-order valence-electron chi connectivity index (χ3n) is 12.2. The van der Waals surface area contributed by atoms with Crippen molar-refractivity contribution >= 4 is 40.5 Å². The lowest BCUT2D eigenvalue weighted by Gasteiger charge is -2.55. The van der Waals surface area contributed by atoms with Crippen LogP contribution in [0.2, 0.25) is 0 Å². The molecular weight excluding hydrogens is 729 g/mol. The number of amides is 3. The molecule has 58 heavy (non-hydrogen) atoms. The van der Waals surface area contributed by atoms with E-state index in [-0.39, 0.29) is 30.2 Å². The monoisotopic (exact) mass is 778 g/mol. The smallest absolute Gasteiger partial charge is 0.255 e. The molecule has 4 aliphatic rings. The highest BCUT2D eigenvalue weighted by Gasteiger charge is 2.45. The predicted molar refractivity (Wildman–Crippen MR) is 224 cm³/mol. The molecule has 5 aromatic rings. The van der Waals surface area contributed by atoms with Gasteiger partial charge in [-0.05, 0) is 125 Å². The third kappa shape index (κ3) is 8.23. The first-order chi connectivity index (χ1) is 28.1. The van der Waals surface area contributed by atoms with Crippen LogP contribution in [-0.2, 0) is 22.7 Å². The highest BCUT2D eigenvalue weighted by molar-refractivity contribution is 6.05. The van der Waals surface area contributed by atoms with Crippen molar-refractivity contribution in [1.29, 1.82) is 0 Å². The second-order valence-electron chi connectivity index (χ2n) is 16.2. The topological polar surface area (TPSA) is 124 Å². The summed E-state index contributed by atoms with van der Waals surface area (Å²) < 4.78 is 5.93. The Morgan fingerprint density at radius 2 is 1.72 bits per heavy atom. The summed E-state index contributed by atoms with van der Waals surface area (Å²) in [5.41, 5.74) is 7.24. The number of nitrogens with zero attached hydrogens (tertiary/aromatic N) is 4. The Labute approximate surface area is 339 Å². The molecule has 0 aliphatic carbocycles. The summed E-state index contributed by atoms with van der Waals surface area (Å²) in [4.78, 5) is 59.1. The van der Waals surface area contributed by atoms with Crippen LogP contribution in [0.3, 0.4) is 0 Å². The van der Waals surface area contributed by atoms with Crippen molar-refractivity contribution in [2.45, 2.75) is 64.7 Å². The lowest BCUT2D eigenvalue weighted by Crippen LogP contribution is -2.60. The van der Waals surface area contributed by atoms with Crippen molar-refractivity contribution in [3.05, 3.63) is 131 Å². The van der Waals surface area contributed by atoms with Gasteiger partial charge in [-0.1, -0.05) is 42.0 Å². The number of nitrogens with one attached hydrogen (secondary N) is 2. The van der Waals surface area contributed by atoms with Gasteiger partial charge in [0.25, 0.3) is 5.91 Å². The van der Waals surface area contributed by atoms with Crippen LogP contribution in [0.15, 0.2) is 97.1 Å². The van der Waals surface area contributed by atoms with Gasteiger partial charge in [0.05, 0.1) is 11.4 Å². The normalized spacial score (nSPS) is 19.2. The predicted octanol–water partition coefficient (Wildman–Crippen LogP) is 6.98. The number of benzene rings is 4. The first-order valence-electron chi connectivity index (χ1n) is 20.2. The van der Waals surface area contributed by atoms with E-state index in [0.717, 1.165) is 83.9 Å². The minimum atomic E-state index is -0.571. The van der Waals surface area contributed by atoms with E-state index >= 15 is 0 Å². The molecule has 4 aromatic carbocycles. The molecule has 3 amide bonds. The standard InChI is InChI=1S/C29H36N6O3.C18H14O2/c1-19(30-2)24-5-3-4-21(31-24)16-33-12-10-29(11-13-33)17-34(18-29)22-6-7-23-20(14-22)15-35(28(23)38)25-8-9-26(36)32-27(25)37;1-13-5-8-16(9-6-13)20-18-4-2-3-15-11-14(12-19)7-10-17(15)18/h3-7,14,19,25,30H,8-13,15-18H2,1-2H3,(H,32,36,37);2-12H,1H3. The van der Waals surface area contributed by atoms with Gasteiger partial charge in [-0.15, -0.1) is 0 Å². The zero-order valence-corrected chi connectivity index (χ0v) is 33.4. The molecule has 4 aliphatic heterocycles. The lowest BCUT2D eigenvalue weighted by atomic mass is 9.71. The van der Waals surface area contributed by atoms with Gasteiger partial charge in [0.15, 0.2) is 0 Å². The Morgan fingerprint density at radius 3 is 2.47 bits per heavy atom. The minimum Gasteiger partial charge on any atom is -0.457 e. The van der Waals surface area contributed by atoms with Crippen LogP contribution >= 0.6 is 0 Å². The van der Waals surface area contributed by atoms with Crippen LogP contribution in [0.1, 0.15) is 81.9 Å². The van der Waals surface area contributed by atoms with Gasteiger partial charge in [-0.25, -0.2) is 0 Å². The number of rotatable bonds is 9. The van der Waals surface area contributed by atoms with Crippen molar-refractivity contribution in [1.82, 2.24) is 25.4 Å². The fourth-order valence-electron chi connectivity index (χ4n) is 8.58. The number of carbonyl (C=O) groups excluding carboxylic acids is 4. The minimum absolute atomic E-state index is 0.117. The van der Waals surface area contributed by atoms with E-state index in [4.69, 9.17) is 9.72 Å². The number of likely N-dealkylation sites (tertiary alicyclic amines) is 1. The van der Waals surface area contributed by atoms with Gasteiger partial charge in [0.1, 0.15) is 23.8 Å². The molecule has 3 fully saturated rings. The zero-order valence-electron chi connectivity index (χ0n) is 33.4. The maximum atomic E-state index is 13.0. The number of anilines is 1. The number of imide groups is 1. The first kappa shape index (κ1) is 38.9. The molecule has 0 saturated carbocycles. The number of piperidine rings is 2. The number of ether oxygens (including phenoxy) is 1. The molecule has 5 heterocycles. The highest BCUT2D eigenvalue weighted by Crippen LogP contribution is 2.44. The number of hydrogen-bond donors (Lipinski definition) is 2. The zero-order chi connectivity index (χ0) is 40.4. The van der Waals surface area contributed by atoms with E-state index < -0.39 is 6.04 Å². The van der Waals surface area contributed by atoms with E-state index in [2.05, 4.69) is 51.6 Å². The number of pyridine rings is 1. The van der Waals surface area contributed by atoms with E-state index in [9.17, 15) is 19.2 Å². The van der Waals surface area contributed by atoms with Crippen molar-refractivity contribution in [3.8, 4) is 11.5 Å². The fourth-order valence-corrected chi connectivity index (χ4v) is 8.58. The molecule has 11 nitrogen and oxygen atoms in total. The molecule has 298 valence electrons. The molecule has 1 aromatic heterocycles. The summed E-state index contributed by atoms with van der Waals surface area (Å²) in [5, 5.41) is 7.63. The van der Waals surface area contributed by atoms with Crippen molar-refractivity contribution in [2.75, 3.05) is 38.1 Å². The Morgan fingerprint density at radius 1 is 0.948 bits per heavy atom. The van der Waals surface area contributed by atoms with E-state index in [0.29, 0.717) is 29.5 Å². The van der Waals surface area contributed by atoms with Gasteiger partial charge in [0.2, 0.25) is 11.8 Å². The van der Waals surface area contributed by atoms with Gasteiger partial charge in [0, 0.05) is 66.3 Å². The summed E-state index contributed by atoms with van der Waals surface area (Å²) in [6, 6.07) is 31.4. The Hall–Kier alpha value is -5.91. The number of carbonyl (C=O) groups is 4. The summed E-state index contributed by atoms with van der Waals surface area (Å²) in [6.45, 7) is 9.74. The maximum Gasteiger partial charge on any atom is 0.255 e. The first-order valence-corrected chi connectivity index (χ1v) is 20.2.